The van der Waals surface area contributed by atoms with Crippen molar-refractivity contribution in [2.75, 3.05) is 18.6 Å². The molecule has 0 saturated heterocycles. The van der Waals surface area contributed by atoms with Crippen LogP contribution < -0.4 is 9.64 Å². The number of ether oxygens (including phenoxy) is 1. The highest BCUT2D eigenvalue weighted by Gasteiger charge is 2.22. The Labute approximate surface area is 122 Å². The van der Waals surface area contributed by atoms with Crippen LogP contribution in [0.15, 0.2) is 30.6 Å². The second-order valence-corrected chi connectivity index (χ2v) is 4.84. The lowest BCUT2D eigenvalue weighted by Gasteiger charge is -2.30. The first kappa shape index (κ1) is 13.4. The van der Waals surface area contributed by atoms with Crippen molar-refractivity contribution in [2.45, 2.75) is 13.0 Å². The van der Waals surface area contributed by atoms with Crippen LogP contribution in [0.2, 0.25) is 0 Å². The van der Waals surface area contributed by atoms with E-state index in [4.69, 9.17) is 4.74 Å². The van der Waals surface area contributed by atoms with Gasteiger partial charge in [-0.3, -0.25) is 4.98 Å². The summed E-state index contributed by atoms with van der Waals surface area (Å²) < 4.78 is 5.09. The molecule has 0 aliphatic carbocycles. The zero-order valence-corrected chi connectivity index (χ0v) is 11.6. The Kier molecular flexibility index (Phi) is 3.43. The molecule has 1 aliphatic rings. The van der Waals surface area contributed by atoms with Gasteiger partial charge >= 0.3 is 5.97 Å². The van der Waals surface area contributed by atoms with E-state index in [1.54, 1.807) is 31.6 Å². The highest BCUT2D eigenvalue weighted by Crippen LogP contribution is 2.26. The van der Waals surface area contributed by atoms with Crippen molar-refractivity contribution in [3.05, 3.63) is 47.3 Å². The molecule has 21 heavy (non-hydrogen) atoms. The summed E-state index contributed by atoms with van der Waals surface area (Å²) in [6.45, 7) is 1.33. The lowest BCUT2D eigenvalue weighted by Crippen LogP contribution is -2.32. The number of hydrogen-bond donors (Lipinski definition) is 1. The molecule has 0 fully saturated rings. The summed E-state index contributed by atoms with van der Waals surface area (Å²) in [5.41, 5.74) is 2.33. The molecular formula is C15H15N3O3. The van der Waals surface area contributed by atoms with Crippen LogP contribution in [0.1, 0.15) is 21.5 Å². The Morgan fingerprint density at radius 2 is 2.24 bits per heavy atom. The van der Waals surface area contributed by atoms with Crippen LogP contribution in [0, 0.1) is 0 Å². The first-order valence-electron chi connectivity index (χ1n) is 6.64. The standard InChI is InChI=1S/C15H15N3O3/c1-21-14-8-16-7-13(17-14)18-6-5-11-10(9-18)3-2-4-12(11)15(19)20/h2-4,7-8H,5-6,9H2,1H3,(H,19,20). The molecule has 0 radical (unpaired) electrons. The normalized spacial score (nSPS) is 13.7. The maximum atomic E-state index is 11.3. The van der Waals surface area contributed by atoms with E-state index in [0.717, 1.165) is 16.9 Å². The third-order valence-electron chi connectivity index (χ3n) is 3.63. The van der Waals surface area contributed by atoms with Gasteiger partial charge in [0.1, 0.15) is 0 Å². The number of aromatic nitrogens is 2. The van der Waals surface area contributed by atoms with E-state index in [0.29, 0.717) is 31.0 Å². The summed E-state index contributed by atoms with van der Waals surface area (Å²) in [6.07, 6.45) is 3.93. The predicted molar refractivity (Wildman–Crippen MR) is 76.7 cm³/mol. The Morgan fingerprint density at radius 1 is 1.38 bits per heavy atom. The molecule has 1 N–H and O–H groups in total. The molecule has 1 aliphatic heterocycles. The highest BCUT2D eigenvalue weighted by molar-refractivity contribution is 5.90. The van der Waals surface area contributed by atoms with E-state index in [-0.39, 0.29) is 0 Å². The molecule has 1 aromatic carbocycles. The topological polar surface area (TPSA) is 75.5 Å². The quantitative estimate of drug-likeness (QED) is 0.926. The van der Waals surface area contributed by atoms with Gasteiger partial charge in [-0.2, -0.15) is 4.98 Å². The van der Waals surface area contributed by atoms with E-state index < -0.39 is 5.97 Å². The van der Waals surface area contributed by atoms with Gasteiger partial charge in [0, 0.05) is 13.1 Å². The number of hydrogen-bond acceptors (Lipinski definition) is 5. The number of carboxylic acid groups (broad SMARTS) is 1. The van der Waals surface area contributed by atoms with E-state index in [9.17, 15) is 9.90 Å². The van der Waals surface area contributed by atoms with Crippen molar-refractivity contribution in [3.8, 4) is 5.88 Å². The molecule has 2 heterocycles. The molecule has 0 atom stereocenters. The van der Waals surface area contributed by atoms with Gasteiger partial charge in [-0.05, 0) is 23.6 Å². The van der Waals surface area contributed by atoms with E-state index in [1.807, 2.05) is 6.07 Å². The minimum atomic E-state index is -0.874. The smallest absolute Gasteiger partial charge is 0.335 e. The van der Waals surface area contributed by atoms with Crippen molar-refractivity contribution in [1.82, 2.24) is 9.97 Å². The minimum Gasteiger partial charge on any atom is -0.480 e. The van der Waals surface area contributed by atoms with Crippen LogP contribution >= 0.6 is 0 Å². The molecule has 1 aromatic heterocycles. The van der Waals surface area contributed by atoms with Gasteiger partial charge < -0.3 is 14.7 Å². The second-order valence-electron chi connectivity index (χ2n) is 4.84. The van der Waals surface area contributed by atoms with Gasteiger partial charge in [0.05, 0.1) is 25.1 Å². The summed E-state index contributed by atoms with van der Waals surface area (Å²) >= 11 is 0. The zero-order chi connectivity index (χ0) is 14.8. The van der Waals surface area contributed by atoms with Crippen LogP contribution in [0.5, 0.6) is 5.88 Å². The summed E-state index contributed by atoms with van der Waals surface area (Å²) in [5.74, 6) is 0.333. The molecular weight excluding hydrogens is 270 g/mol. The summed E-state index contributed by atoms with van der Waals surface area (Å²) in [5, 5.41) is 9.24. The van der Waals surface area contributed by atoms with Crippen LogP contribution in [-0.2, 0) is 13.0 Å². The fourth-order valence-corrected chi connectivity index (χ4v) is 2.59. The summed E-state index contributed by atoms with van der Waals surface area (Å²) in [6, 6.07) is 5.40. The number of aromatic carboxylic acids is 1. The van der Waals surface area contributed by atoms with Crippen LogP contribution in [-0.4, -0.2) is 34.7 Å². The molecule has 0 amide bonds. The van der Waals surface area contributed by atoms with Crippen molar-refractivity contribution in [1.29, 1.82) is 0 Å². The van der Waals surface area contributed by atoms with Crippen LogP contribution in [0.3, 0.4) is 0 Å². The summed E-state index contributed by atoms with van der Waals surface area (Å²) in [4.78, 5) is 21.8. The van der Waals surface area contributed by atoms with E-state index in [1.165, 1.54) is 0 Å². The highest BCUT2D eigenvalue weighted by atomic mass is 16.5. The second kappa shape index (κ2) is 5.40. The third kappa shape index (κ3) is 2.52. The molecule has 108 valence electrons. The molecule has 0 spiro atoms. The van der Waals surface area contributed by atoms with Crippen molar-refractivity contribution < 1.29 is 14.6 Å². The third-order valence-corrected chi connectivity index (χ3v) is 3.63. The van der Waals surface area contributed by atoms with Crippen LogP contribution in [0.25, 0.3) is 0 Å². The van der Waals surface area contributed by atoms with E-state index in [2.05, 4.69) is 14.9 Å². The Hall–Kier alpha value is -2.63. The zero-order valence-electron chi connectivity index (χ0n) is 11.6. The molecule has 3 rings (SSSR count). The first-order chi connectivity index (χ1) is 10.2. The van der Waals surface area contributed by atoms with Gasteiger partial charge in [-0.25, -0.2) is 4.79 Å². The van der Waals surface area contributed by atoms with Crippen molar-refractivity contribution in [2.24, 2.45) is 0 Å². The van der Waals surface area contributed by atoms with Gasteiger partial charge in [0.2, 0.25) is 5.88 Å². The number of carbonyl (C=O) groups is 1. The number of fused-ring (bicyclic) bond motifs is 1. The Bertz CT molecular complexity index is 688. The molecule has 2 aromatic rings. The average Bonchev–Trinajstić information content (AvgIpc) is 2.53. The number of carboxylic acids is 1. The SMILES string of the molecule is COc1cncc(N2CCc3c(cccc3C(=O)O)C2)n1. The largest absolute Gasteiger partial charge is 0.480 e. The molecule has 0 bridgehead atoms. The van der Waals surface area contributed by atoms with Crippen molar-refractivity contribution in [3.63, 3.8) is 0 Å². The minimum absolute atomic E-state index is 0.392. The number of benzene rings is 1. The Morgan fingerprint density at radius 3 is 3.00 bits per heavy atom. The molecule has 6 nitrogen and oxygen atoms in total. The van der Waals surface area contributed by atoms with Gasteiger partial charge in [0.25, 0.3) is 0 Å². The van der Waals surface area contributed by atoms with E-state index >= 15 is 0 Å². The summed E-state index contributed by atoms with van der Waals surface area (Å²) in [7, 11) is 1.55. The Balaban J connectivity index is 1.91. The maximum Gasteiger partial charge on any atom is 0.335 e. The molecule has 6 heteroatoms. The number of methoxy groups -OCH3 is 1. The number of anilines is 1. The fourth-order valence-electron chi connectivity index (χ4n) is 2.59. The van der Waals surface area contributed by atoms with Gasteiger partial charge in [0.15, 0.2) is 5.82 Å². The number of rotatable bonds is 3. The van der Waals surface area contributed by atoms with Gasteiger partial charge in [-0.15, -0.1) is 0 Å². The van der Waals surface area contributed by atoms with Crippen molar-refractivity contribution >= 4 is 11.8 Å². The average molecular weight is 285 g/mol. The van der Waals surface area contributed by atoms with Gasteiger partial charge in [-0.1, -0.05) is 12.1 Å². The van der Waals surface area contributed by atoms with Crippen LogP contribution in [0.4, 0.5) is 5.82 Å². The lowest BCUT2D eigenvalue weighted by molar-refractivity contribution is 0.0695. The lowest BCUT2D eigenvalue weighted by atomic mass is 9.94. The fraction of sp³-hybridized carbons (Fsp3) is 0.267. The molecule has 0 saturated carbocycles. The monoisotopic (exact) mass is 285 g/mol. The first-order valence-corrected chi connectivity index (χ1v) is 6.64. The maximum absolute atomic E-state index is 11.3. The predicted octanol–water partition coefficient (Wildman–Crippen LogP) is 1.75. The number of nitrogens with zero attached hydrogens (tertiary/aromatic N) is 3. The molecule has 0 unspecified atom stereocenters.